The van der Waals surface area contributed by atoms with E-state index in [1.165, 1.54) is 42.7 Å². The Hall–Kier alpha value is -1.77. The van der Waals surface area contributed by atoms with Gasteiger partial charge in [-0.2, -0.15) is 0 Å². The maximum absolute atomic E-state index is 12.2. The summed E-state index contributed by atoms with van der Waals surface area (Å²) in [6.45, 7) is 1.96. The lowest BCUT2D eigenvalue weighted by Gasteiger charge is -2.06. The molecule has 0 aliphatic carbocycles. The zero-order valence-electron chi connectivity index (χ0n) is 11.5. The molecule has 0 radical (unpaired) electrons. The maximum Gasteiger partial charge on any atom is 0.337 e. The molecule has 0 bridgehead atoms. The molecule has 0 amide bonds. The third kappa shape index (κ3) is 3.87. The minimum atomic E-state index is -3.70. The number of esters is 1. The molecule has 0 spiro atoms. The van der Waals surface area contributed by atoms with Gasteiger partial charge in [-0.3, -0.25) is 0 Å². The quantitative estimate of drug-likeness (QED) is 0.846. The Morgan fingerprint density at radius 1 is 1.43 bits per heavy atom. The van der Waals surface area contributed by atoms with Crippen LogP contribution >= 0.6 is 11.3 Å². The number of sulfonamides is 1. The molecule has 2 rings (SSSR count). The number of methoxy groups -OCH3 is 1. The molecule has 0 saturated heterocycles. The fraction of sp³-hybridized carbons (Fsp3) is 0.231. The van der Waals surface area contributed by atoms with Crippen LogP contribution in [0.5, 0.6) is 0 Å². The summed E-state index contributed by atoms with van der Waals surface area (Å²) in [5.41, 5.74) is 1.03. The molecular weight excluding hydrogens is 312 g/mol. The van der Waals surface area contributed by atoms with Crippen LogP contribution in [0.1, 0.15) is 21.1 Å². The Kier molecular flexibility index (Phi) is 4.71. The van der Waals surface area contributed by atoms with E-state index in [-0.39, 0.29) is 17.0 Å². The van der Waals surface area contributed by atoms with Gasteiger partial charge >= 0.3 is 5.97 Å². The summed E-state index contributed by atoms with van der Waals surface area (Å²) in [7, 11) is -2.46. The minimum absolute atomic E-state index is 0.0127. The number of aromatic nitrogens is 1. The topological polar surface area (TPSA) is 85.4 Å². The summed E-state index contributed by atoms with van der Waals surface area (Å²) in [5, 5.41) is 2.53. The fourth-order valence-electron chi connectivity index (χ4n) is 1.63. The summed E-state index contributed by atoms with van der Waals surface area (Å²) in [5.74, 6) is -0.581. The lowest BCUT2D eigenvalue weighted by Crippen LogP contribution is -2.23. The average Bonchev–Trinajstić information content (AvgIpc) is 2.90. The first-order valence-corrected chi connectivity index (χ1v) is 8.38. The second kappa shape index (κ2) is 6.33. The highest BCUT2D eigenvalue weighted by atomic mass is 32.2. The van der Waals surface area contributed by atoms with Gasteiger partial charge in [0.2, 0.25) is 10.0 Å². The number of carbonyl (C=O) groups excluding carboxylic acids is 1. The lowest BCUT2D eigenvalue weighted by atomic mass is 10.2. The molecule has 0 saturated carbocycles. The number of ether oxygens (including phenoxy) is 1. The van der Waals surface area contributed by atoms with Crippen LogP contribution in [0, 0.1) is 6.92 Å². The highest BCUT2D eigenvalue weighted by Gasteiger charge is 2.16. The van der Waals surface area contributed by atoms with E-state index in [4.69, 9.17) is 0 Å². The van der Waals surface area contributed by atoms with Gasteiger partial charge in [-0.25, -0.2) is 22.9 Å². The molecule has 0 fully saturated rings. The largest absolute Gasteiger partial charge is 0.465 e. The van der Waals surface area contributed by atoms with Gasteiger partial charge in [-0.1, -0.05) is 6.07 Å². The van der Waals surface area contributed by atoms with Crippen LogP contribution in [0.2, 0.25) is 0 Å². The third-order valence-corrected chi connectivity index (χ3v) is 5.01. The van der Waals surface area contributed by atoms with E-state index in [2.05, 4.69) is 14.4 Å². The number of aryl methyl sites for hydroxylation is 1. The van der Waals surface area contributed by atoms with Gasteiger partial charge in [0.05, 0.1) is 24.1 Å². The van der Waals surface area contributed by atoms with Crippen molar-refractivity contribution in [1.82, 2.24) is 9.71 Å². The molecule has 8 heteroatoms. The van der Waals surface area contributed by atoms with Crippen molar-refractivity contribution in [2.75, 3.05) is 7.11 Å². The summed E-state index contributed by atoms with van der Waals surface area (Å²) in [6.07, 6.45) is 0. The molecule has 112 valence electrons. The van der Waals surface area contributed by atoms with Gasteiger partial charge < -0.3 is 4.74 Å². The predicted molar refractivity (Wildman–Crippen MR) is 78.7 cm³/mol. The summed E-state index contributed by atoms with van der Waals surface area (Å²) in [6, 6.07) is 5.69. The van der Waals surface area contributed by atoms with E-state index in [0.29, 0.717) is 5.01 Å². The number of nitrogens with zero attached hydrogens (tertiary/aromatic N) is 1. The molecule has 0 atom stereocenters. The molecule has 21 heavy (non-hydrogen) atoms. The Morgan fingerprint density at radius 3 is 2.81 bits per heavy atom. The Morgan fingerprint density at radius 2 is 2.19 bits per heavy atom. The summed E-state index contributed by atoms with van der Waals surface area (Å²) < 4.78 is 31.4. The van der Waals surface area contributed by atoms with E-state index in [0.717, 1.165) is 5.69 Å². The smallest absolute Gasteiger partial charge is 0.337 e. The first-order chi connectivity index (χ1) is 9.92. The van der Waals surface area contributed by atoms with E-state index >= 15 is 0 Å². The van der Waals surface area contributed by atoms with Gasteiger partial charge in [0.1, 0.15) is 5.01 Å². The second-order valence-electron chi connectivity index (χ2n) is 4.23. The van der Waals surface area contributed by atoms with Crippen molar-refractivity contribution in [3.8, 4) is 0 Å². The van der Waals surface area contributed by atoms with Crippen molar-refractivity contribution in [2.24, 2.45) is 0 Å². The Balaban J connectivity index is 2.17. The second-order valence-corrected chi connectivity index (χ2v) is 6.94. The molecule has 1 aromatic carbocycles. The first kappa shape index (κ1) is 15.6. The van der Waals surface area contributed by atoms with Crippen LogP contribution in [0.3, 0.4) is 0 Å². The number of thiazole rings is 1. The zero-order chi connectivity index (χ0) is 15.5. The monoisotopic (exact) mass is 326 g/mol. The van der Waals surface area contributed by atoms with Crippen LogP contribution in [-0.2, 0) is 21.3 Å². The van der Waals surface area contributed by atoms with Gasteiger partial charge in [0.15, 0.2) is 0 Å². The van der Waals surface area contributed by atoms with Crippen LogP contribution in [0.25, 0.3) is 0 Å². The fourth-order valence-corrected chi connectivity index (χ4v) is 3.47. The van der Waals surface area contributed by atoms with Crippen molar-refractivity contribution in [3.63, 3.8) is 0 Å². The lowest BCUT2D eigenvalue weighted by molar-refractivity contribution is 0.0600. The van der Waals surface area contributed by atoms with E-state index < -0.39 is 16.0 Å². The Bertz CT molecular complexity index is 753. The van der Waals surface area contributed by atoms with Gasteiger partial charge in [0, 0.05) is 11.1 Å². The number of benzene rings is 1. The van der Waals surface area contributed by atoms with Crippen molar-refractivity contribution < 1.29 is 17.9 Å². The summed E-state index contributed by atoms with van der Waals surface area (Å²) >= 11 is 1.38. The SMILES string of the molecule is COC(=O)c1cccc(S(=O)(=O)NCc2nc(C)cs2)c1. The number of carbonyl (C=O) groups is 1. The highest BCUT2D eigenvalue weighted by molar-refractivity contribution is 7.89. The van der Waals surface area contributed by atoms with Gasteiger partial charge in [-0.15, -0.1) is 11.3 Å². The third-order valence-electron chi connectivity index (χ3n) is 2.65. The predicted octanol–water partition coefficient (Wildman–Crippen LogP) is 1.72. The van der Waals surface area contributed by atoms with E-state index in [1.54, 1.807) is 0 Å². The van der Waals surface area contributed by atoms with Crippen LogP contribution in [-0.4, -0.2) is 26.5 Å². The van der Waals surface area contributed by atoms with Crippen molar-refractivity contribution in [2.45, 2.75) is 18.4 Å². The Labute approximate surface area is 126 Å². The number of hydrogen-bond acceptors (Lipinski definition) is 6. The molecular formula is C13H14N2O4S2. The first-order valence-electron chi connectivity index (χ1n) is 6.01. The molecule has 6 nitrogen and oxygen atoms in total. The average molecular weight is 326 g/mol. The molecule has 0 aliphatic heterocycles. The van der Waals surface area contributed by atoms with Crippen LogP contribution in [0.15, 0.2) is 34.5 Å². The minimum Gasteiger partial charge on any atom is -0.465 e. The van der Waals surface area contributed by atoms with Crippen LogP contribution in [0.4, 0.5) is 0 Å². The van der Waals surface area contributed by atoms with Crippen LogP contribution < -0.4 is 4.72 Å². The normalized spacial score (nSPS) is 11.3. The molecule has 1 aromatic heterocycles. The number of hydrogen-bond donors (Lipinski definition) is 1. The number of nitrogens with one attached hydrogen (secondary N) is 1. The molecule has 1 heterocycles. The van der Waals surface area contributed by atoms with E-state index in [1.807, 2.05) is 12.3 Å². The summed E-state index contributed by atoms with van der Waals surface area (Å²) in [4.78, 5) is 15.6. The van der Waals surface area contributed by atoms with Crippen molar-refractivity contribution in [3.05, 3.63) is 45.9 Å². The van der Waals surface area contributed by atoms with Crippen molar-refractivity contribution >= 4 is 27.3 Å². The maximum atomic E-state index is 12.2. The van der Waals surface area contributed by atoms with E-state index in [9.17, 15) is 13.2 Å². The molecule has 0 aliphatic rings. The standard InChI is InChI=1S/C13H14N2O4S2/c1-9-8-20-12(15-9)7-14-21(17,18)11-5-3-4-10(6-11)13(16)19-2/h3-6,8,14H,7H2,1-2H3. The zero-order valence-corrected chi connectivity index (χ0v) is 13.1. The molecule has 0 unspecified atom stereocenters. The van der Waals surface area contributed by atoms with Gasteiger partial charge in [-0.05, 0) is 25.1 Å². The molecule has 1 N–H and O–H groups in total. The number of rotatable bonds is 5. The highest BCUT2D eigenvalue weighted by Crippen LogP contribution is 2.14. The van der Waals surface area contributed by atoms with Crippen molar-refractivity contribution in [1.29, 1.82) is 0 Å². The van der Waals surface area contributed by atoms with Gasteiger partial charge in [0.25, 0.3) is 0 Å². The molecule has 2 aromatic rings.